The highest BCUT2D eigenvalue weighted by atomic mass is 35.5. The first-order valence-corrected chi connectivity index (χ1v) is 13.5. The largest absolute Gasteiger partial charge is 0.481 e. The SMILES string of the molecule is COc1cccc(-c2nnc(NS(=O)(=O)[C@@H](C)[C@H](OC)c3ncc(Cl)cn3)n2[C@@H](C)C2CNCCO2)n1. The maximum Gasteiger partial charge on any atom is 0.240 e. The number of hydrogen-bond donors (Lipinski definition) is 2. The molecule has 0 bridgehead atoms. The standard InChI is InChI=1S/C22H29ClN8O5S/c1-13(17-12-24-8-9-36-17)31-21(16-6-5-7-18(27-16)34-3)28-29-22(31)30-37(32,33)14(2)19(35-4)20-25-10-15(23)11-26-20/h5-7,10-11,13-14,17,19,24H,8-9,12H2,1-4H3,(H,29,30)/t13-,14-,17?,19-/m0/s1. The van der Waals surface area contributed by atoms with Crippen molar-refractivity contribution >= 4 is 27.6 Å². The lowest BCUT2D eigenvalue weighted by Gasteiger charge is -2.31. The molecule has 0 saturated carbocycles. The molecule has 0 spiro atoms. The lowest BCUT2D eigenvalue weighted by Crippen LogP contribution is -2.43. The normalized spacial score (nSPS) is 18.7. The minimum Gasteiger partial charge on any atom is -0.481 e. The zero-order chi connectivity index (χ0) is 26.6. The van der Waals surface area contributed by atoms with E-state index in [2.05, 4.69) is 35.2 Å². The molecule has 0 radical (unpaired) electrons. The average Bonchev–Trinajstić information content (AvgIpc) is 3.32. The van der Waals surface area contributed by atoms with Crippen molar-refractivity contribution in [3.05, 3.63) is 41.4 Å². The Balaban J connectivity index is 1.70. The number of hydrogen-bond acceptors (Lipinski definition) is 11. The zero-order valence-electron chi connectivity index (χ0n) is 20.8. The maximum atomic E-state index is 13.5. The molecule has 200 valence electrons. The number of sulfonamides is 1. The Labute approximate surface area is 220 Å². The third-order valence-corrected chi connectivity index (χ3v) is 7.95. The Hall–Kier alpha value is -2.91. The van der Waals surface area contributed by atoms with E-state index in [1.165, 1.54) is 33.5 Å². The molecule has 3 aromatic rings. The molecule has 4 rings (SSSR count). The van der Waals surface area contributed by atoms with Gasteiger partial charge in [-0.1, -0.05) is 17.7 Å². The molecule has 0 aromatic carbocycles. The van der Waals surface area contributed by atoms with Crippen LogP contribution < -0.4 is 14.8 Å². The van der Waals surface area contributed by atoms with Crippen LogP contribution in [-0.2, 0) is 19.5 Å². The van der Waals surface area contributed by atoms with E-state index in [1.54, 1.807) is 22.8 Å². The third kappa shape index (κ3) is 5.99. The van der Waals surface area contributed by atoms with Crippen LogP contribution >= 0.6 is 11.6 Å². The quantitative estimate of drug-likeness (QED) is 0.378. The van der Waals surface area contributed by atoms with Crippen LogP contribution in [-0.4, -0.2) is 83.4 Å². The zero-order valence-corrected chi connectivity index (χ0v) is 22.4. The number of anilines is 1. The van der Waals surface area contributed by atoms with Gasteiger partial charge in [-0.25, -0.2) is 23.4 Å². The van der Waals surface area contributed by atoms with Crippen molar-refractivity contribution in [1.29, 1.82) is 0 Å². The van der Waals surface area contributed by atoms with Crippen molar-refractivity contribution < 1.29 is 22.6 Å². The van der Waals surface area contributed by atoms with E-state index in [-0.39, 0.29) is 23.9 Å². The molecule has 15 heteroatoms. The molecule has 1 aliphatic rings. The van der Waals surface area contributed by atoms with Gasteiger partial charge in [-0.15, -0.1) is 10.2 Å². The molecule has 3 aromatic heterocycles. The number of morpholine rings is 1. The predicted molar refractivity (Wildman–Crippen MR) is 136 cm³/mol. The molecule has 0 amide bonds. The molecule has 1 unspecified atom stereocenters. The van der Waals surface area contributed by atoms with Crippen LogP contribution in [0.15, 0.2) is 30.6 Å². The fourth-order valence-electron chi connectivity index (χ4n) is 4.00. The Morgan fingerprint density at radius 1 is 1.22 bits per heavy atom. The number of methoxy groups -OCH3 is 2. The maximum absolute atomic E-state index is 13.5. The fraction of sp³-hybridized carbons (Fsp3) is 0.500. The van der Waals surface area contributed by atoms with Gasteiger partial charge in [0, 0.05) is 38.7 Å². The summed E-state index contributed by atoms with van der Waals surface area (Å²) in [5, 5.41) is 11.0. The van der Waals surface area contributed by atoms with Gasteiger partial charge in [0.15, 0.2) is 11.6 Å². The highest BCUT2D eigenvalue weighted by molar-refractivity contribution is 7.93. The summed E-state index contributed by atoms with van der Waals surface area (Å²) >= 11 is 5.88. The van der Waals surface area contributed by atoms with Crippen LogP contribution in [0, 0.1) is 0 Å². The molecule has 1 aliphatic heterocycles. The molecule has 13 nitrogen and oxygen atoms in total. The highest BCUT2D eigenvalue weighted by Crippen LogP contribution is 2.30. The van der Waals surface area contributed by atoms with Crippen molar-refractivity contribution in [3.8, 4) is 17.4 Å². The highest BCUT2D eigenvalue weighted by Gasteiger charge is 2.36. The Morgan fingerprint density at radius 2 is 1.97 bits per heavy atom. The lowest BCUT2D eigenvalue weighted by molar-refractivity contribution is 0.000334. The first kappa shape index (κ1) is 27.1. The second-order valence-electron chi connectivity index (χ2n) is 8.40. The van der Waals surface area contributed by atoms with Gasteiger partial charge in [0.1, 0.15) is 17.0 Å². The van der Waals surface area contributed by atoms with Crippen molar-refractivity contribution in [2.24, 2.45) is 0 Å². The predicted octanol–water partition coefficient (Wildman–Crippen LogP) is 1.86. The van der Waals surface area contributed by atoms with Gasteiger partial charge in [-0.2, -0.15) is 0 Å². The fourth-order valence-corrected chi connectivity index (χ4v) is 5.23. The van der Waals surface area contributed by atoms with Crippen LogP contribution in [0.3, 0.4) is 0 Å². The number of rotatable bonds is 10. The van der Waals surface area contributed by atoms with Crippen molar-refractivity contribution in [2.75, 3.05) is 38.6 Å². The van der Waals surface area contributed by atoms with E-state index in [0.29, 0.717) is 35.6 Å². The topological polar surface area (TPSA) is 155 Å². The van der Waals surface area contributed by atoms with Crippen LogP contribution in [0.2, 0.25) is 5.02 Å². The molecule has 37 heavy (non-hydrogen) atoms. The lowest BCUT2D eigenvalue weighted by atomic mass is 10.1. The third-order valence-electron chi connectivity index (χ3n) is 6.06. The first-order valence-electron chi connectivity index (χ1n) is 11.6. The monoisotopic (exact) mass is 552 g/mol. The van der Waals surface area contributed by atoms with Gasteiger partial charge in [0.2, 0.25) is 21.9 Å². The van der Waals surface area contributed by atoms with Gasteiger partial charge in [-0.3, -0.25) is 9.29 Å². The van der Waals surface area contributed by atoms with Crippen LogP contribution in [0.4, 0.5) is 5.95 Å². The summed E-state index contributed by atoms with van der Waals surface area (Å²) < 4.78 is 47.9. The summed E-state index contributed by atoms with van der Waals surface area (Å²) in [5.41, 5.74) is 0.463. The van der Waals surface area contributed by atoms with Crippen LogP contribution in [0.5, 0.6) is 5.88 Å². The number of halogens is 1. The van der Waals surface area contributed by atoms with Crippen molar-refractivity contribution in [1.82, 2.24) is 35.0 Å². The van der Waals surface area contributed by atoms with E-state index in [4.69, 9.17) is 25.8 Å². The number of nitrogens with one attached hydrogen (secondary N) is 2. The van der Waals surface area contributed by atoms with Gasteiger partial charge in [-0.05, 0) is 19.9 Å². The second kappa shape index (κ2) is 11.6. The molecular formula is C22H29ClN8O5S. The Bertz CT molecular complexity index is 1300. The first-order chi connectivity index (χ1) is 17.7. The van der Waals surface area contributed by atoms with Gasteiger partial charge in [0.05, 0.1) is 30.9 Å². The Morgan fingerprint density at radius 3 is 2.62 bits per heavy atom. The molecule has 1 fully saturated rings. The smallest absolute Gasteiger partial charge is 0.240 e. The van der Waals surface area contributed by atoms with E-state index in [9.17, 15) is 8.42 Å². The molecule has 4 heterocycles. The van der Waals surface area contributed by atoms with E-state index in [1.807, 2.05) is 6.92 Å². The number of pyridine rings is 1. The molecule has 4 atom stereocenters. The second-order valence-corrected chi connectivity index (χ2v) is 10.9. The summed E-state index contributed by atoms with van der Waals surface area (Å²) in [6.07, 6.45) is 1.54. The summed E-state index contributed by atoms with van der Waals surface area (Å²) in [6.45, 7) is 5.24. The van der Waals surface area contributed by atoms with Gasteiger partial charge in [0.25, 0.3) is 0 Å². The van der Waals surface area contributed by atoms with Crippen molar-refractivity contribution in [2.45, 2.75) is 37.3 Å². The minimum absolute atomic E-state index is 0.0139. The van der Waals surface area contributed by atoms with E-state index < -0.39 is 21.4 Å². The number of aromatic nitrogens is 6. The molecular weight excluding hydrogens is 524 g/mol. The molecule has 0 aliphatic carbocycles. The van der Waals surface area contributed by atoms with Crippen molar-refractivity contribution in [3.63, 3.8) is 0 Å². The van der Waals surface area contributed by atoms with Crippen LogP contribution in [0.25, 0.3) is 11.5 Å². The minimum atomic E-state index is -4.06. The summed E-state index contributed by atoms with van der Waals surface area (Å²) in [7, 11) is -1.16. The number of ether oxygens (including phenoxy) is 3. The number of nitrogens with zero attached hydrogens (tertiary/aromatic N) is 6. The average molecular weight is 553 g/mol. The molecule has 2 N–H and O–H groups in total. The van der Waals surface area contributed by atoms with E-state index in [0.717, 1.165) is 6.54 Å². The Kier molecular flexibility index (Phi) is 8.54. The summed E-state index contributed by atoms with van der Waals surface area (Å²) in [5.74, 6) is 0.940. The van der Waals surface area contributed by atoms with Gasteiger partial charge >= 0.3 is 0 Å². The summed E-state index contributed by atoms with van der Waals surface area (Å²) in [4.78, 5) is 12.7. The van der Waals surface area contributed by atoms with Gasteiger partial charge < -0.3 is 19.5 Å². The van der Waals surface area contributed by atoms with E-state index >= 15 is 0 Å². The van der Waals surface area contributed by atoms with Crippen LogP contribution in [0.1, 0.15) is 31.8 Å². The summed E-state index contributed by atoms with van der Waals surface area (Å²) in [6, 6.07) is 4.87. The molecule has 1 saturated heterocycles.